The summed E-state index contributed by atoms with van der Waals surface area (Å²) < 4.78 is 5.55. The molecule has 1 aromatic carbocycles. The molecule has 5 amide bonds. The molecule has 1 saturated carbocycles. The van der Waals surface area contributed by atoms with Crippen LogP contribution in [0, 0.1) is 11.3 Å². The van der Waals surface area contributed by atoms with E-state index in [0.29, 0.717) is 22.5 Å². The van der Waals surface area contributed by atoms with Gasteiger partial charge in [-0.3, -0.25) is 34.3 Å². The zero-order valence-corrected chi connectivity index (χ0v) is 24.1. The summed E-state index contributed by atoms with van der Waals surface area (Å²) in [5, 5.41) is 2.23. The molecule has 4 fully saturated rings. The van der Waals surface area contributed by atoms with E-state index in [1.54, 1.807) is 12.1 Å². The summed E-state index contributed by atoms with van der Waals surface area (Å²) in [6, 6.07) is 4.37. The first-order valence-corrected chi connectivity index (χ1v) is 14.7. The van der Waals surface area contributed by atoms with Gasteiger partial charge in [-0.1, -0.05) is 0 Å². The molecule has 0 bridgehead atoms. The number of amides is 5. The molecular formula is C30H39N5O6. The number of carbonyl (C=O) groups is 5. The number of likely N-dealkylation sites (tertiary alicyclic amines) is 1. The zero-order chi connectivity index (χ0) is 29.1. The molecule has 3 saturated heterocycles. The minimum atomic E-state index is -0.956. The van der Waals surface area contributed by atoms with E-state index < -0.39 is 29.4 Å². The highest BCUT2D eigenvalue weighted by atomic mass is 16.6. The van der Waals surface area contributed by atoms with Gasteiger partial charge in [-0.15, -0.1) is 0 Å². The van der Waals surface area contributed by atoms with Gasteiger partial charge in [-0.2, -0.15) is 0 Å². The number of ether oxygens (including phenoxy) is 1. The van der Waals surface area contributed by atoms with Gasteiger partial charge in [0.25, 0.3) is 11.8 Å². The molecular weight excluding hydrogens is 526 g/mol. The van der Waals surface area contributed by atoms with Crippen molar-refractivity contribution in [2.45, 2.75) is 64.5 Å². The first-order chi connectivity index (χ1) is 19.4. The molecule has 1 aromatic rings. The lowest BCUT2D eigenvalue weighted by Gasteiger charge is -2.37. The highest BCUT2D eigenvalue weighted by Gasteiger charge is 2.55. The molecule has 11 heteroatoms. The van der Waals surface area contributed by atoms with Crippen LogP contribution in [0.15, 0.2) is 18.2 Å². The third kappa shape index (κ3) is 5.31. The number of benzene rings is 1. The monoisotopic (exact) mass is 565 g/mol. The number of carbonyl (C=O) groups excluding carboxylic acids is 5. The topological polar surface area (TPSA) is 120 Å². The number of hydrogen-bond acceptors (Lipinski definition) is 8. The number of piperazine rings is 1. The van der Waals surface area contributed by atoms with Crippen molar-refractivity contribution in [3.05, 3.63) is 29.3 Å². The Morgan fingerprint density at radius 2 is 1.66 bits per heavy atom. The fraction of sp³-hybridized carbons (Fsp3) is 0.633. The lowest BCUT2D eigenvalue weighted by atomic mass is 9.91. The predicted octanol–water partition coefficient (Wildman–Crippen LogP) is 2.25. The van der Waals surface area contributed by atoms with Crippen LogP contribution >= 0.6 is 0 Å². The quantitative estimate of drug-likeness (QED) is 0.553. The summed E-state index contributed by atoms with van der Waals surface area (Å²) in [5.41, 5.74) is 1.40. The minimum absolute atomic E-state index is 0.103. The Balaban J connectivity index is 1.00. The maximum atomic E-state index is 13.2. The van der Waals surface area contributed by atoms with Crippen molar-refractivity contribution in [2.75, 3.05) is 50.7 Å². The molecule has 1 N–H and O–H groups in total. The zero-order valence-electron chi connectivity index (χ0n) is 24.1. The first-order valence-electron chi connectivity index (χ1n) is 14.7. The Morgan fingerprint density at radius 3 is 2.32 bits per heavy atom. The molecule has 41 heavy (non-hydrogen) atoms. The molecule has 4 aliphatic heterocycles. The number of nitrogens with zero attached hydrogens (tertiary/aromatic N) is 4. The first kappa shape index (κ1) is 27.7. The molecule has 5 aliphatic rings. The molecule has 1 spiro atoms. The van der Waals surface area contributed by atoms with Crippen molar-refractivity contribution in [1.29, 1.82) is 0 Å². The van der Waals surface area contributed by atoms with Gasteiger partial charge in [0, 0.05) is 57.9 Å². The Labute approximate surface area is 240 Å². The van der Waals surface area contributed by atoms with E-state index in [2.05, 4.69) is 15.1 Å². The summed E-state index contributed by atoms with van der Waals surface area (Å²) in [6.45, 7) is 11.8. The fourth-order valence-electron chi connectivity index (χ4n) is 6.92. The van der Waals surface area contributed by atoms with Crippen LogP contribution < -0.4 is 10.2 Å². The molecule has 0 aromatic heterocycles. The molecule has 2 atom stereocenters. The van der Waals surface area contributed by atoms with E-state index in [-0.39, 0.29) is 24.8 Å². The number of nitrogens with one attached hydrogen (secondary N) is 1. The van der Waals surface area contributed by atoms with Crippen LogP contribution in [0.1, 0.15) is 73.6 Å². The van der Waals surface area contributed by atoms with Gasteiger partial charge in [-0.05, 0) is 76.0 Å². The molecule has 2 unspecified atom stereocenters. The second kappa shape index (κ2) is 10.1. The maximum absolute atomic E-state index is 13.2. The fourth-order valence-corrected chi connectivity index (χ4v) is 6.92. The molecule has 0 radical (unpaired) electrons. The van der Waals surface area contributed by atoms with Gasteiger partial charge < -0.3 is 14.5 Å². The van der Waals surface area contributed by atoms with Crippen LogP contribution in [-0.4, -0.2) is 102 Å². The Morgan fingerprint density at radius 1 is 0.976 bits per heavy atom. The van der Waals surface area contributed by atoms with E-state index in [0.717, 1.165) is 69.2 Å². The Kier molecular flexibility index (Phi) is 6.83. The smallest absolute Gasteiger partial charge is 0.410 e. The van der Waals surface area contributed by atoms with E-state index in [9.17, 15) is 24.0 Å². The van der Waals surface area contributed by atoms with Gasteiger partial charge in [0.2, 0.25) is 11.8 Å². The molecule has 11 nitrogen and oxygen atoms in total. The van der Waals surface area contributed by atoms with Gasteiger partial charge >= 0.3 is 6.09 Å². The highest BCUT2D eigenvalue weighted by Crippen LogP contribution is 2.59. The molecule has 4 heterocycles. The van der Waals surface area contributed by atoms with Crippen LogP contribution in [0.2, 0.25) is 0 Å². The van der Waals surface area contributed by atoms with Crippen molar-refractivity contribution >= 4 is 35.4 Å². The summed E-state index contributed by atoms with van der Waals surface area (Å²) >= 11 is 0. The SMILES string of the molecule is CC(C)(C)OC(=O)N1CCC2(CC1)CC2CN1CCN(c2ccc3c(c2)C(=O)N(C2CCC(=O)NC2=O)C3=O)CC1. The summed E-state index contributed by atoms with van der Waals surface area (Å²) in [4.78, 5) is 70.1. The Bertz CT molecular complexity index is 1290. The predicted molar refractivity (Wildman–Crippen MR) is 149 cm³/mol. The van der Waals surface area contributed by atoms with Crippen molar-refractivity contribution in [3.63, 3.8) is 0 Å². The normalized spacial score (nSPS) is 26.4. The third-order valence-electron chi connectivity index (χ3n) is 9.41. The number of fused-ring (bicyclic) bond motifs is 1. The average molecular weight is 566 g/mol. The van der Waals surface area contributed by atoms with Crippen molar-refractivity contribution in [2.24, 2.45) is 11.3 Å². The van der Waals surface area contributed by atoms with E-state index >= 15 is 0 Å². The van der Waals surface area contributed by atoms with Crippen LogP contribution in [-0.2, 0) is 14.3 Å². The lowest BCUT2D eigenvalue weighted by Crippen LogP contribution is -2.54. The van der Waals surface area contributed by atoms with Gasteiger partial charge in [0.1, 0.15) is 11.6 Å². The maximum Gasteiger partial charge on any atom is 0.410 e. The highest BCUT2D eigenvalue weighted by molar-refractivity contribution is 6.23. The largest absolute Gasteiger partial charge is 0.444 e. The summed E-state index contributed by atoms with van der Waals surface area (Å²) in [6.07, 6.45) is 3.34. The van der Waals surface area contributed by atoms with Crippen LogP contribution in [0.3, 0.4) is 0 Å². The van der Waals surface area contributed by atoms with Crippen LogP contribution in [0.4, 0.5) is 10.5 Å². The summed E-state index contributed by atoms with van der Waals surface area (Å²) in [7, 11) is 0. The summed E-state index contributed by atoms with van der Waals surface area (Å²) in [5.74, 6) is -1.28. The average Bonchev–Trinajstić information content (AvgIpc) is 3.51. The third-order valence-corrected chi connectivity index (χ3v) is 9.41. The van der Waals surface area contributed by atoms with Gasteiger partial charge in [-0.25, -0.2) is 4.79 Å². The second-order valence-electron chi connectivity index (χ2n) is 13.2. The number of anilines is 1. The standard InChI is InChI=1S/C30H39N5O6/c1-29(2,3)41-28(40)34-10-8-30(9-11-34)17-19(30)18-32-12-14-33(15-13-32)20-4-5-21-22(16-20)27(39)35(26(21)38)23-6-7-24(36)31-25(23)37/h4-5,16,19,23H,6-15,17-18H2,1-3H3,(H,31,36,37). The van der Waals surface area contributed by atoms with Gasteiger partial charge in [0.15, 0.2) is 0 Å². The Hall–Kier alpha value is -3.47. The van der Waals surface area contributed by atoms with Gasteiger partial charge in [0.05, 0.1) is 11.1 Å². The number of piperidine rings is 2. The van der Waals surface area contributed by atoms with Crippen molar-refractivity contribution in [3.8, 4) is 0 Å². The van der Waals surface area contributed by atoms with E-state index in [4.69, 9.17) is 4.74 Å². The minimum Gasteiger partial charge on any atom is -0.444 e. The second-order valence-corrected chi connectivity index (χ2v) is 13.2. The number of imide groups is 2. The van der Waals surface area contributed by atoms with Crippen LogP contribution in [0.5, 0.6) is 0 Å². The van der Waals surface area contributed by atoms with Crippen molar-refractivity contribution in [1.82, 2.24) is 20.0 Å². The molecule has 220 valence electrons. The number of rotatable bonds is 4. The molecule has 1 aliphatic carbocycles. The van der Waals surface area contributed by atoms with Crippen LogP contribution in [0.25, 0.3) is 0 Å². The van der Waals surface area contributed by atoms with E-state index in [1.165, 1.54) is 6.42 Å². The molecule has 6 rings (SSSR count). The lowest BCUT2D eigenvalue weighted by molar-refractivity contribution is -0.136. The van der Waals surface area contributed by atoms with Crippen molar-refractivity contribution < 1.29 is 28.7 Å². The van der Waals surface area contributed by atoms with E-state index in [1.807, 2.05) is 31.7 Å². The number of hydrogen-bond donors (Lipinski definition) is 1.